The number of hydrogen-bond acceptors (Lipinski definition) is 2. The largest absolute Gasteiger partial charge is 0.411 e. The van der Waals surface area contributed by atoms with Crippen molar-refractivity contribution in [2.24, 2.45) is 0 Å². The first-order valence-electron chi connectivity index (χ1n) is 5.97. The first-order chi connectivity index (χ1) is 8.79. The summed E-state index contributed by atoms with van der Waals surface area (Å²) < 4.78 is 38.4. The predicted molar refractivity (Wildman–Crippen MR) is 66.2 cm³/mol. The Morgan fingerprint density at radius 1 is 1.32 bits per heavy atom. The monoisotopic (exact) mass is 272 g/mol. The van der Waals surface area contributed by atoms with E-state index < -0.39 is 17.6 Å². The van der Waals surface area contributed by atoms with Crippen molar-refractivity contribution in [3.8, 4) is 0 Å². The van der Waals surface area contributed by atoms with E-state index in [1.165, 1.54) is 0 Å². The zero-order valence-corrected chi connectivity index (χ0v) is 10.7. The first kappa shape index (κ1) is 13.7. The van der Waals surface area contributed by atoms with Crippen LogP contribution in [0.25, 0.3) is 0 Å². The number of anilines is 1. The van der Waals surface area contributed by atoms with Crippen LogP contribution in [0, 0.1) is 6.92 Å². The quantitative estimate of drug-likeness (QED) is 0.888. The standard InChI is InChI=1S/C13H15F3N2O/c1-8-3-4-10(17-2)9(7-8)11(19)18-12(5-6-12)13(14,15)16/h3-4,7,17H,5-6H2,1-2H3,(H,18,19). The molecule has 0 aromatic heterocycles. The van der Waals surface area contributed by atoms with Crippen LogP contribution >= 0.6 is 0 Å². The van der Waals surface area contributed by atoms with Crippen LogP contribution in [-0.4, -0.2) is 24.7 Å². The second kappa shape index (κ2) is 4.43. The number of alkyl halides is 3. The third kappa shape index (κ3) is 2.52. The molecule has 2 rings (SSSR count). The number of amides is 1. The van der Waals surface area contributed by atoms with E-state index in [4.69, 9.17) is 0 Å². The summed E-state index contributed by atoms with van der Waals surface area (Å²) >= 11 is 0. The fraction of sp³-hybridized carbons (Fsp3) is 0.462. The molecule has 1 amide bonds. The minimum atomic E-state index is -4.40. The van der Waals surface area contributed by atoms with Crippen molar-refractivity contribution in [2.45, 2.75) is 31.5 Å². The maximum absolute atomic E-state index is 12.8. The molecule has 1 aliphatic rings. The Hall–Kier alpha value is -1.72. The number of rotatable bonds is 3. The molecule has 1 saturated carbocycles. The summed E-state index contributed by atoms with van der Waals surface area (Å²) in [5, 5.41) is 4.93. The molecule has 1 aromatic rings. The molecule has 0 heterocycles. The van der Waals surface area contributed by atoms with Gasteiger partial charge in [0, 0.05) is 12.7 Å². The normalized spacial score (nSPS) is 16.9. The van der Waals surface area contributed by atoms with Gasteiger partial charge in [-0.15, -0.1) is 0 Å². The lowest BCUT2D eigenvalue weighted by Crippen LogP contribution is -2.48. The number of hydrogen-bond donors (Lipinski definition) is 2. The number of nitrogens with one attached hydrogen (secondary N) is 2. The Morgan fingerprint density at radius 2 is 1.95 bits per heavy atom. The topological polar surface area (TPSA) is 41.1 Å². The highest BCUT2D eigenvalue weighted by Gasteiger charge is 2.64. The molecule has 1 aromatic carbocycles. The van der Waals surface area contributed by atoms with Gasteiger partial charge in [0.05, 0.1) is 5.56 Å². The van der Waals surface area contributed by atoms with E-state index in [2.05, 4.69) is 10.6 Å². The van der Waals surface area contributed by atoms with Crippen LogP contribution in [0.3, 0.4) is 0 Å². The van der Waals surface area contributed by atoms with Crippen molar-refractivity contribution in [3.05, 3.63) is 29.3 Å². The Balaban J connectivity index is 2.24. The summed E-state index contributed by atoms with van der Waals surface area (Å²) in [4.78, 5) is 12.0. The van der Waals surface area contributed by atoms with Crippen molar-refractivity contribution in [1.82, 2.24) is 5.32 Å². The Labute approximate surface area is 109 Å². The van der Waals surface area contributed by atoms with Crippen molar-refractivity contribution in [1.29, 1.82) is 0 Å². The highest BCUT2D eigenvalue weighted by atomic mass is 19.4. The summed E-state index contributed by atoms with van der Waals surface area (Å²) in [5.74, 6) is -0.692. The van der Waals surface area contributed by atoms with E-state index in [0.717, 1.165) is 5.56 Å². The van der Waals surface area contributed by atoms with Crippen molar-refractivity contribution >= 4 is 11.6 Å². The fourth-order valence-corrected chi connectivity index (χ4v) is 1.95. The molecule has 1 fully saturated rings. The van der Waals surface area contributed by atoms with Crippen molar-refractivity contribution in [2.75, 3.05) is 12.4 Å². The maximum atomic E-state index is 12.8. The number of halogens is 3. The lowest BCUT2D eigenvalue weighted by molar-refractivity contribution is -0.163. The van der Waals surface area contributed by atoms with Gasteiger partial charge in [-0.05, 0) is 31.9 Å². The minimum Gasteiger partial charge on any atom is -0.387 e. The molecule has 0 aliphatic heterocycles. The molecule has 104 valence electrons. The SMILES string of the molecule is CNc1ccc(C)cc1C(=O)NC1(C(F)(F)F)CC1. The molecular formula is C13H15F3N2O. The molecule has 0 saturated heterocycles. The fourth-order valence-electron chi connectivity index (χ4n) is 1.95. The molecule has 6 heteroatoms. The summed E-state index contributed by atoms with van der Waals surface area (Å²) in [6.07, 6.45) is -4.50. The molecule has 0 radical (unpaired) electrons. The maximum Gasteiger partial charge on any atom is 0.411 e. The molecule has 19 heavy (non-hydrogen) atoms. The number of carbonyl (C=O) groups is 1. The summed E-state index contributed by atoms with van der Waals surface area (Å²) in [6.45, 7) is 1.78. The minimum absolute atomic E-state index is 0.0526. The predicted octanol–water partition coefficient (Wildman–Crippen LogP) is 2.86. The van der Waals surface area contributed by atoms with Crippen LogP contribution < -0.4 is 10.6 Å². The molecule has 0 atom stereocenters. The van der Waals surface area contributed by atoms with Crippen LogP contribution in [0.1, 0.15) is 28.8 Å². The van der Waals surface area contributed by atoms with Gasteiger partial charge in [-0.25, -0.2) is 0 Å². The molecule has 1 aliphatic carbocycles. The Bertz CT molecular complexity index is 507. The van der Waals surface area contributed by atoms with Crippen LogP contribution in [0.4, 0.5) is 18.9 Å². The molecule has 2 N–H and O–H groups in total. The second-order valence-electron chi connectivity index (χ2n) is 4.83. The number of benzene rings is 1. The lowest BCUT2D eigenvalue weighted by atomic mass is 10.1. The highest BCUT2D eigenvalue weighted by Crippen LogP contribution is 2.49. The second-order valence-corrected chi connectivity index (χ2v) is 4.83. The molecule has 3 nitrogen and oxygen atoms in total. The zero-order chi connectivity index (χ0) is 14.3. The van der Waals surface area contributed by atoms with Crippen LogP contribution in [-0.2, 0) is 0 Å². The Kier molecular flexibility index (Phi) is 3.20. The van der Waals surface area contributed by atoms with Gasteiger partial charge in [0.15, 0.2) is 0 Å². The van der Waals surface area contributed by atoms with E-state index in [1.54, 1.807) is 32.2 Å². The third-order valence-electron chi connectivity index (χ3n) is 3.33. The smallest absolute Gasteiger partial charge is 0.387 e. The van der Waals surface area contributed by atoms with E-state index in [1.807, 2.05) is 0 Å². The van der Waals surface area contributed by atoms with Gasteiger partial charge in [-0.3, -0.25) is 4.79 Å². The average Bonchev–Trinajstić information content (AvgIpc) is 3.09. The van der Waals surface area contributed by atoms with Gasteiger partial charge in [0.25, 0.3) is 5.91 Å². The molecular weight excluding hydrogens is 257 g/mol. The van der Waals surface area contributed by atoms with Gasteiger partial charge >= 0.3 is 6.18 Å². The van der Waals surface area contributed by atoms with Crippen molar-refractivity contribution < 1.29 is 18.0 Å². The summed E-state index contributed by atoms with van der Waals surface area (Å²) in [5.41, 5.74) is -0.459. The van der Waals surface area contributed by atoms with Gasteiger partial charge in [0.1, 0.15) is 5.54 Å². The Morgan fingerprint density at radius 3 is 2.42 bits per heavy atom. The van der Waals surface area contributed by atoms with Gasteiger partial charge in [-0.1, -0.05) is 11.6 Å². The van der Waals surface area contributed by atoms with Crippen molar-refractivity contribution in [3.63, 3.8) is 0 Å². The third-order valence-corrected chi connectivity index (χ3v) is 3.33. The van der Waals surface area contributed by atoms with Crippen LogP contribution in [0.15, 0.2) is 18.2 Å². The molecule has 0 bridgehead atoms. The van der Waals surface area contributed by atoms with E-state index in [9.17, 15) is 18.0 Å². The zero-order valence-electron chi connectivity index (χ0n) is 10.7. The number of carbonyl (C=O) groups excluding carboxylic acids is 1. The lowest BCUT2D eigenvalue weighted by Gasteiger charge is -2.21. The average molecular weight is 272 g/mol. The van der Waals surface area contributed by atoms with Gasteiger partial charge in [0.2, 0.25) is 0 Å². The van der Waals surface area contributed by atoms with Crippen LogP contribution in [0.2, 0.25) is 0 Å². The van der Waals surface area contributed by atoms with E-state index in [-0.39, 0.29) is 18.4 Å². The van der Waals surface area contributed by atoms with Gasteiger partial charge < -0.3 is 10.6 Å². The van der Waals surface area contributed by atoms with E-state index >= 15 is 0 Å². The van der Waals surface area contributed by atoms with Gasteiger partial charge in [-0.2, -0.15) is 13.2 Å². The molecule has 0 unspecified atom stereocenters. The van der Waals surface area contributed by atoms with Crippen LogP contribution in [0.5, 0.6) is 0 Å². The first-order valence-corrected chi connectivity index (χ1v) is 5.97. The summed E-state index contributed by atoms with van der Waals surface area (Å²) in [6, 6.07) is 5.05. The van der Waals surface area contributed by atoms with E-state index in [0.29, 0.717) is 5.69 Å². The highest BCUT2D eigenvalue weighted by molar-refractivity contribution is 6.00. The molecule has 0 spiro atoms. The summed E-state index contributed by atoms with van der Waals surface area (Å²) in [7, 11) is 1.62. The number of aryl methyl sites for hydroxylation is 1.